The van der Waals surface area contributed by atoms with Crippen LogP contribution in [0.25, 0.3) is 0 Å². The van der Waals surface area contributed by atoms with Crippen molar-refractivity contribution in [3.05, 3.63) is 57.8 Å². The Balaban J connectivity index is 1.92. The highest BCUT2D eigenvalue weighted by atomic mass is 32.1. The number of hydrogen-bond acceptors (Lipinski definition) is 3. The van der Waals surface area contributed by atoms with Gasteiger partial charge in [0.05, 0.1) is 16.4 Å². The van der Waals surface area contributed by atoms with Crippen LogP contribution in [0.2, 0.25) is 0 Å². The minimum absolute atomic E-state index is 0.0583. The number of nitrogens with one attached hydrogen (secondary N) is 1. The molecule has 20 heavy (non-hydrogen) atoms. The van der Waals surface area contributed by atoms with E-state index in [4.69, 9.17) is 5.11 Å². The summed E-state index contributed by atoms with van der Waals surface area (Å²) in [6.07, 6.45) is 0.452. The molecule has 1 aromatic heterocycles. The van der Waals surface area contributed by atoms with E-state index in [1.54, 1.807) is 6.07 Å². The Morgan fingerprint density at radius 2 is 2.00 bits per heavy atom. The first-order chi connectivity index (χ1) is 9.79. The molecule has 2 N–H and O–H groups in total. The maximum atomic E-state index is 12.0. The van der Waals surface area contributed by atoms with Gasteiger partial charge >= 0.3 is 0 Å². The highest BCUT2D eigenvalue weighted by Crippen LogP contribution is 2.15. The molecule has 0 spiro atoms. The third-order valence-electron chi connectivity index (χ3n) is 2.57. The zero-order valence-electron chi connectivity index (χ0n) is 10.9. The number of thiophene rings is 1. The molecule has 0 aliphatic heterocycles. The lowest BCUT2D eigenvalue weighted by Crippen LogP contribution is -2.21. The molecule has 0 radical (unpaired) electrons. The third-order valence-corrected chi connectivity index (χ3v) is 3.57. The van der Waals surface area contributed by atoms with E-state index in [9.17, 15) is 4.79 Å². The minimum atomic E-state index is -0.0888. The fourth-order valence-corrected chi connectivity index (χ4v) is 2.40. The number of benzene rings is 1. The van der Waals surface area contributed by atoms with Crippen LogP contribution in [0, 0.1) is 11.8 Å². The van der Waals surface area contributed by atoms with Gasteiger partial charge in [0.1, 0.15) is 0 Å². The number of aliphatic hydroxyl groups excluding tert-OH is 1. The monoisotopic (exact) mass is 285 g/mol. The van der Waals surface area contributed by atoms with Crippen LogP contribution in [0.5, 0.6) is 0 Å². The number of aliphatic hydroxyl groups is 1. The lowest BCUT2D eigenvalue weighted by molar-refractivity contribution is 0.0955. The largest absolute Gasteiger partial charge is 0.395 e. The van der Waals surface area contributed by atoms with Crippen LogP contribution in [-0.4, -0.2) is 17.6 Å². The molecule has 0 aliphatic rings. The van der Waals surface area contributed by atoms with Gasteiger partial charge in [0.15, 0.2) is 0 Å². The standard InChI is InChI=1S/C16H15NO2S/c18-11-5-4-8-14-9-10-15(20-14)16(19)17-12-13-6-2-1-3-7-13/h1-3,6-7,9-10,18H,5,11-12H2,(H,17,19). The first-order valence-electron chi connectivity index (χ1n) is 6.31. The van der Waals surface area contributed by atoms with Gasteiger partial charge in [0.2, 0.25) is 0 Å². The zero-order valence-corrected chi connectivity index (χ0v) is 11.7. The van der Waals surface area contributed by atoms with Crippen molar-refractivity contribution in [2.24, 2.45) is 0 Å². The molecule has 0 saturated carbocycles. The molecule has 4 heteroatoms. The smallest absolute Gasteiger partial charge is 0.261 e. The van der Waals surface area contributed by atoms with E-state index in [2.05, 4.69) is 17.2 Å². The predicted octanol–water partition coefficient (Wildman–Crippen LogP) is 2.41. The van der Waals surface area contributed by atoms with Crippen molar-refractivity contribution in [2.45, 2.75) is 13.0 Å². The molecular formula is C16H15NO2S. The Hall–Kier alpha value is -2.09. The van der Waals surface area contributed by atoms with E-state index in [0.717, 1.165) is 10.4 Å². The molecule has 0 aliphatic carbocycles. The second-order valence-corrected chi connectivity index (χ2v) is 5.19. The first kappa shape index (κ1) is 14.3. The Bertz CT molecular complexity index is 623. The molecule has 0 bridgehead atoms. The second-order valence-electron chi connectivity index (χ2n) is 4.11. The molecule has 3 nitrogen and oxygen atoms in total. The van der Waals surface area contributed by atoms with E-state index < -0.39 is 0 Å². The normalized spacial score (nSPS) is 9.65. The Morgan fingerprint density at radius 1 is 1.20 bits per heavy atom. The van der Waals surface area contributed by atoms with Gasteiger partial charge in [0, 0.05) is 13.0 Å². The third kappa shape index (κ3) is 4.23. The van der Waals surface area contributed by atoms with Gasteiger partial charge in [-0.25, -0.2) is 0 Å². The molecule has 2 aromatic rings. The number of hydrogen-bond donors (Lipinski definition) is 2. The van der Waals surface area contributed by atoms with Crippen LogP contribution in [-0.2, 0) is 6.54 Å². The summed E-state index contributed by atoms with van der Waals surface area (Å²) in [7, 11) is 0. The summed E-state index contributed by atoms with van der Waals surface area (Å²) < 4.78 is 0. The highest BCUT2D eigenvalue weighted by Gasteiger charge is 2.07. The quantitative estimate of drug-likeness (QED) is 0.848. The van der Waals surface area contributed by atoms with Crippen LogP contribution < -0.4 is 5.32 Å². The van der Waals surface area contributed by atoms with Crippen LogP contribution >= 0.6 is 11.3 Å². The summed E-state index contributed by atoms with van der Waals surface area (Å²) in [4.78, 5) is 13.5. The van der Waals surface area contributed by atoms with Gasteiger partial charge in [0.25, 0.3) is 5.91 Å². The number of carbonyl (C=O) groups excluding carboxylic acids is 1. The van der Waals surface area contributed by atoms with Crippen molar-refractivity contribution < 1.29 is 9.90 Å². The van der Waals surface area contributed by atoms with Gasteiger partial charge in [-0.1, -0.05) is 42.2 Å². The van der Waals surface area contributed by atoms with Crippen LogP contribution in [0.15, 0.2) is 42.5 Å². The maximum Gasteiger partial charge on any atom is 0.261 e. The van der Waals surface area contributed by atoms with E-state index >= 15 is 0 Å². The van der Waals surface area contributed by atoms with Crippen LogP contribution in [0.1, 0.15) is 26.5 Å². The average Bonchev–Trinajstić information content (AvgIpc) is 2.95. The lowest BCUT2D eigenvalue weighted by Gasteiger charge is -2.02. The molecule has 1 aromatic carbocycles. The molecule has 1 amide bonds. The summed E-state index contributed by atoms with van der Waals surface area (Å²) in [5.74, 6) is 5.67. The average molecular weight is 285 g/mol. The van der Waals surface area contributed by atoms with Crippen molar-refractivity contribution in [1.29, 1.82) is 0 Å². The van der Waals surface area contributed by atoms with Crippen molar-refractivity contribution in [3.8, 4) is 11.8 Å². The summed E-state index contributed by atoms with van der Waals surface area (Å²) in [5.41, 5.74) is 1.07. The summed E-state index contributed by atoms with van der Waals surface area (Å²) in [5, 5.41) is 11.5. The predicted molar refractivity (Wildman–Crippen MR) is 80.5 cm³/mol. The van der Waals surface area contributed by atoms with E-state index in [1.807, 2.05) is 36.4 Å². The fraction of sp³-hybridized carbons (Fsp3) is 0.188. The van der Waals surface area contributed by atoms with Crippen molar-refractivity contribution in [2.75, 3.05) is 6.61 Å². The summed E-state index contributed by atoms with van der Waals surface area (Å²) in [6.45, 7) is 0.575. The van der Waals surface area contributed by atoms with Gasteiger partial charge in [-0.05, 0) is 17.7 Å². The molecule has 1 heterocycles. The SMILES string of the molecule is O=C(NCc1ccccc1)c1ccc(C#CCCO)s1. The summed E-state index contributed by atoms with van der Waals surface area (Å²) >= 11 is 1.36. The highest BCUT2D eigenvalue weighted by molar-refractivity contribution is 7.14. The molecule has 0 saturated heterocycles. The molecule has 102 valence electrons. The van der Waals surface area contributed by atoms with Gasteiger partial charge in [-0.3, -0.25) is 4.79 Å². The van der Waals surface area contributed by atoms with E-state index in [1.165, 1.54) is 11.3 Å². The van der Waals surface area contributed by atoms with Gasteiger partial charge in [-0.2, -0.15) is 0 Å². The molecule has 0 atom stereocenters. The molecule has 0 unspecified atom stereocenters. The fourth-order valence-electron chi connectivity index (χ4n) is 1.60. The van der Waals surface area contributed by atoms with Gasteiger partial charge in [-0.15, -0.1) is 11.3 Å². The van der Waals surface area contributed by atoms with Crippen molar-refractivity contribution >= 4 is 17.2 Å². The van der Waals surface area contributed by atoms with Crippen LogP contribution in [0.4, 0.5) is 0 Å². The number of amides is 1. The number of carbonyl (C=O) groups is 1. The first-order valence-corrected chi connectivity index (χ1v) is 7.13. The Morgan fingerprint density at radius 3 is 2.75 bits per heavy atom. The molecular weight excluding hydrogens is 270 g/mol. The minimum Gasteiger partial charge on any atom is -0.395 e. The number of rotatable bonds is 4. The lowest BCUT2D eigenvalue weighted by atomic mass is 10.2. The molecule has 2 rings (SSSR count). The van der Waals surface area contributed by atoms with E-state index in [0.29, 0.717) is 17.8 Å². The van der Waals surface area contributed by atoms with Crippen molar-refractivity contribution in [3.63, 3.8) is 0 Å². The van der Waals surface area contributed by atoms with E-state index in [-0.39, 0.29) is 12.5 Å². The Kier molecular flexibility index (Phi) is 5.36. The van der Waals surface area contributed by atoms with Crippen LogP contribution in [0.3, 0.4) is 0 Å². The molecule has 0 fully saturated rings. The Labute approximate surface area is 122 Å². The van der Waals surface area contributed by atoms with Gasteiger partial charge < -0.3 is 10.4 Å². The maximum absolute atomic E-state index is 12.0. The van der Waals surface area contributed by atoms with Crippen molar-refractivity contribution in [1.82, 2.24) is 5.32 Å². The topological polar surface area (TPSA) is 49.3 Å². The zero-order chi connectivity index (χ0) is 14.2. The summed E-state index contributed by atoms with van der Waals surface area (Å²) in [6, 6.07) is 13.4. The second kappa shape index (κ2) is 7.49.